The van der Waals surface area contributed by atoms with E-state index in [2.05, 4.69) is 10.1 Å². The van der Waals surface area contributed by atoms with Crippen LogP contribution in [0.2, 0.25) is 0 Å². The lowest BCUT2D eigenvalue weighted by atomic mass is 10.1. The molecule has 24 heavy (non-hydrogen) atoms. The van der Waals surface area contributed by atoms with Crippen LogP contribution < -0.4 is 5.56 Å². The zero-order valence-corrected chi connectivity index (χ0v) is 12.1. The fourth-order valence-electron chi connectivity index (χ4n) is 2.39. The smallest absolute Gasteiger partial charge is 0.293 e. The summed E-state index contributed by atoms with van der Waals surface area (Å²) < 4.78 is 39.6. The van der Waals surface area contributed by atoms with Crippen molar-refractivity contribution in [3.05, 3.63) is 62.2 Å². The van der Waals surface area contributed by atoms with Crippen LogP contribution in [0.3, 0.4) is 0 Å². The number of rotatable bonds is 2. The van der Waals surface area contributed by atoms with Gasteiger partial charge in [-0.25, -0.2) is 9.50 Å². The number of aromatic nitrogens is 3. The van der Waals surface area contributed by atoms with Gasteiger partial charge in [0.2, 0.25) is 0 Å². The molecule has 2 aromatic heterocycles. The largest absolute Gasteiger partial charge is 0.433 e. The predicted octanol–water partition coefficient (Wildman–Crippen LogP) is 2.93. The molecule has 0 aliphatic carbocycles. The minimum atomic E-state index is -4.76. The van der Waals surface area contributed by atoms with Crippen molar-refractivity contribution in [1.82, 2.24) is 14.6 Å². The van der Waals surface area contributed by atoms with Gasteiger partial charge in [0.1, 0.15) is 0 Å². The summed E-state index contributed by atoms with van der Waals surface area (Å²) in [4.78, 5) is 25.5. The summed E-state index contributed by atoms with van der Waals surface area (Å²) in [5.74, 6) is 0. The molecule has 7 nitrogen and oxygen atoms in total. The van der Waals surface area contributed by atoms with Crippen molar-refractivity contribution in [3.8, 4) is 11.1 Å². The molecule has 3 aromatic rings. The van der Waals surface area contributed by atoms with Gasteiger partial charge in [0, 0.05) is 29.5 Å². The first-order valence-corrected chi connectivity index (χ1v) is 6.63. The first-order valence-electron chi connectivity index (χ1n) is 6.63. The predicted molar refractivity (Wildman–Crippen MR) is 77.6 cm³/mol. The van der Waals surface area contributed by atoms with Crippen LogP contribution in [0.1, 0.15) is 11.4 Å². The van der Waals surface area contributed by atoms with Gasteiger partial charge in [-0.05, 0) is 24.6 Å². The Labute approximate surface area is 131 Å². The first-order chi connectivity index (χ1) is 11.2. The number of halogens is 3. The van der Waals surface area contributed by atoms with Crippen LogP contribution in [0, 0.1) is 17.0 Å². The van der Waals surface area contributed by atoms with Crippen LogP contribution in [0.5, 0.6) is 0 Å². The molecule has 10 heteroatoms. The first kappa shape index (κ1) is 15.7. The van der Waals surface area contributed by atoms with Gasteiger partial charge in [-0.2, -0.15) is 13.2 Å². The molecule has 1 N–H and O–H groups in total. The number of fused-ring (bicyclic) bond motifs is 1. The minimum Gasteiger partial charge on any atom is -0.293 e. The van der Waals surface area contributed by atoms with Crippen molar-refractivity contribution in [3.63, 3.8) is 0 Å². The van der Waals surface area contributed by atoms with E-state index in [1.54, 1.807) is 6.92 Å². The SMILES string of the molecule is Cc1[nH]n2c(=O)cc(C(F)(F)F)nc2c1-c1ccc([N+](=O)[O-])cc1. The van der Waals surface area contributed by atoms with Crippen LogP contribution in [0.25, 0.3) is 16.8 Å². The zero-order chi connectivity index (χ0) is 17.6. The van der Waals surface area contributed by atoms with Gasteiger partial charge in [0.25, 0.3) is 11.2 Å². The molecule has 3 rings (SSSR count). The molecule has 0 atom stereocenters. The van der Waals surface area contributed by atoms with Crippen LogP contribution in [-0.4, -0.2) is 19.5 Å². The van der Waals surface area contributed by atoms with Gasteiger partial charge >= 0.3 is 6.18 Å². The van der Waals surface area contributed by atoms with Crippen molar-refractivity contribution < 1.29 is 18.1 Å². The molecule has 2 heterocycles. The number of hydrogen-bond acceptors (Lipinski definition) is 4. The second kappa shape index (κ2) is 5.18. The molecular formula is C14H9F3N4O3. The summed E-state index contributed by atoms with van der Waals surface area (Å²) in [5.41, 5.74) is -1.46. The third-order valence-corrected chi connectivity index (χ3v) is 3.45. The maximum absolute atomic E-state index is 12.9. The van der Waals surface area contributed by atoms with Gasteiger partial charge in [-0.3, -0.25) is 20.0 Å². The van der Waals surface area contributed by atoms with E-state index in [4.69, 9.17) is 0 Å². The third-order valence-electron chi connectivity index (χ3n) is 3.45. The summed E-state index contributed by atoms with van der Waals surface area (Å²) in [7, 11) is 0. The van der Waals surface area contributed by atoms with Crippen molar-refractivity contribution >= 4 is 11.3 Å². The lowest BCUT2D eigenvalue weighted by Gasteiger charge is -2.06. The summed E-state index contributed by atoms with van der Waals surface area (Å²) in [6, 6.07) is 5.64. The minimum absolute atomic E-state index is 0.155. The van der Waals surface area contributed by atoms with Crippen molar-refractivity contribution in [1.29, 1.82) is 0 Å². The average molecular weight is 338 g/mol. The maximum atomic E-state index is 12.9. The second-order valence-electron chi connectivity index (χ2n) is 5.05. The molecule has 124 valence electrons. The fraction of sp³-hybridized carbons (Fsp3) is 0.143. The van der Waals surface area contributed by atoms with Crippen LogP contribution >= 0.6 is 0 Å². The van der Waals surface area contributed by atoms with E-state index in [0.29, 0.717) is 17.3 Å². The molecule has 0 radical (unpaired) electrons. The molecule has 0 spiro atoms. The highest BCUT2D eigenvalue weighted by atomic mass is 19.4. The van der Waals surface area contributed by atoms with E-state index in [0.717, 1.165) is 4.52 Å². The van der Waals surface area contributed by atoms with Crippen molar-refractivity contribution in [2.24, 2.45) is 0 Å². The van der Waals surface area contributed by atoms with Crippen LogP contribution in [0.4, 0.5) is 18.9 Å². The monoisotopic (exact) mass is 338 g/mol. The van der Waals surface area contributed by atoms with Crippen LogP contribution in [-0.2, 0) is 6.18 Å². The Morgan fingerprint density at radius 2 is 1.88 bits per heavy atom. The summed E-state index contributed by atoms with van der Waals surface area (Å²) in [5, 5.41) is 13.3. The molecule has 0 saturated heterocycles. The number of nitro groups is 1. The summed E-state index contributed by atoms with van der Waals surface area (Å²) in [6.45, 7) is 1.57. The van der Waals surface area contributed by atoms with Gasteiger partial charge < -0.3 is 0 Å². The number of non-ortho nitro benzene ring substituents is 1. The molecule has 0 amide bonds. The summed E-state index contributed by atoms with van der Waals surface area (Å²) in [6.07, 6.45) is -4.76. The lowest BCUT2D eigenvalue weighted by Crippen LogP contribution is -2.20. The van der Waals surface area contributed by atoms with Gasteiger partial charge in [0.15, 0.2) is 11.3 Å². The molecule has 0 aliphatic rings. The topological polar surface area (TPSA) is 93.3 Å². The van der Waals surface area contributed by atoms with E-state index in [9.17, 15) is 28.1 Å². The zero-order valence-electron chi connectivity index (χ0n) is 12.1. The number of aryl methyl sites for hydroxylation is 1. The highest BCUT2D eigenvalue weighted by Gasteiger charge is 2.34. The van der Waals surface area contributed by atoms with Gasteiger partial charge in [-0.1, -0.05) is 0 Å². The van der Waals surface area contributed by atoms with E-state index >= 15 is 0 Å². The van der Waals surface area contributed by atoms with E-state index in [-0.39, 0.29) is 16.9 Å². The molecule has 1 aromatic carbocycles. The highest BCUT2D eigenvalue weighted by Crippen LogP contribution is 2.31. The summed E-state index contributed by atoms with van der Waals surface area (Å²) >= 11 is 0. The molecule has 0 saturated carbocycles. The Bertz CT molecular complexity index is 1000. The highest BCUT2D eigenvalue weighted by molar-refractivity contribution is 5.80. The van der Waals surface area contributed by atoms with E-state index < -0.39 is 22.4 Å². The van der Waals surface area contributed by atoms with Gasteiger partial charge in [-0.15, -0.1) is 0 Å². The molecular weight excluding hydrogens is 329 g/mol. The van der Waals surface area contributed by atoms with Crippen molar-refractivity contribution in [2.45, 2.75) is 13.1 Å². The number of alkyl halides is 3. The Hall–Kier alpha value is -3.17. The molecule has 0 fully saturated rings. The number of benzene rings is 1. The van der Waals surface area contributed by atoms with Crippen molar-refractivity contribution in [2.75, 3.05) is 0 Å². The Balaban J connectivity index is 2.27. The number of nitro benzene ring substituents is 1. The Morgan fingerprint density at radius 1 is 1.25 bits per heavy atom. The number of hydrogen-bond donors (Lipinski definition) is 1. The second-order valence-corrected chi connectivity index (χ2v) is 5.05. The maximum Gasteiger partial charge on any atom is 0.433 e. The Morgan fingerprint density at radius 3 is 2.42 bits per heavy atom. The van der Waals surface area contributed by atoms with Gasteiger partial charge in [0.05, 0.1) is 4.92 Å². The van der Waals surface area contributed by atoms with Crippen LogP contribution in [0.15, 0.2) is 35.1 Å². The van der Waals surface area contributed by atoms with E-state index in [1.807, 2.05) is 0 Å². The fourth-order valence-corrected chi connectivity index (χ4v) is 2.39. The molecule has 0 unspecified atom stereocenters. The third kappa shape index (κ3) is 2.51. The lowest BCUT2D eigenvalue weighted by molar-refractivity contribution is -0.384. The number of nitrogens with one attached hydrogen (secondary N) is 1. The quantitative estimate of drug-likeness (QED) is 0.574. The number of aromatic amines is 1. The average Bonchev–Trinajstić information content (AvgIpc) is 2.83. The molecule has 0 bridgehead atoms. The molecule has 0 aliphatic heterocycles. The number of nitrogens with zero attached hydrogens (tertiary/aromatic N) is 3. The van der Waals surface area contributed by atoms with E-state index in [1.165, 1.54) is 24.3 Å². The standard InChI is InChI=1S/C14H9F3N4O3/c1-7-12(8-2-4-9(5-3-8)21(23)24)13-18-10(14(15,16)17)6-11(22)20(13)19-7/h2-6,19H,1H3. The number of H-pyrrole nitrogens is 1. The Kier molecular flexibility index (Phi) is 3.39. The normalized spacial score (nSPS) is 11.8.